The molecule has 0 spiro atoms. The van der Waals surface area contributed by atoms with Gasteiger partial charge in [0.1, 0.15) is 11.9 Å². The summed E-state index contributed by atoms with van der Waals surface area (Å²) in [6, 6.07) is 9.48. The van der Waals surface area contributed by atoms with Gasteiger partial charge < -0.3 is 14.6 Å². The van der Waals surface area contributed by atoms with Crippen molar-refractivity contribution in [2.75, 3.05) is 11.9 Å². The molecular weight excluding hydrogens is 360 g/mol. The summed E-state index contributed by atoms with van der Waals surface area (Å²) >= 11 is 0. The standard InChI is InChI=1S/C19H22N6O3/c1-12-16(13-7-4-3-5-8-13)23-25(2)17(12)22-19(26)20-11-15-21-18(28-24-15)14-9-6-10-27-14/h3-5,7-8,14H,6,9-11H2,1-2H3,(H2,20,22,26). The van der Waals surface area contributed by atoms with Crippen LogP contribution in [0, 0.1) is 6.92 Å². The van der Waals surface area contributed by atoms with Crippen LogP contribution in [0.5, 0.6) is 0 Å². The lowest BCUT2D eigenvalue weighted by Gasteiger charge is -2.07. The zero-order chi connectivity index (χ0) is 19.5. The Morgan fingerprint density at radius 2 is 2.14 bits per heavy atom. The second-order valence-corrected chi connectivity index (χ2v) is 6.67. The number of aromatic nitrogens is 4. The van der Waals surface area contributed by atoms with Crippen molar-refractivity contribution in [3.8, 4) is 11.3 Å². The number of benzene rings is 1. The first-order chi connectivity index (χ1) is 13.6. The molecular formula is C19H22N6O3. The van der Waals surface area contributed by atoms with Gasteiger partial charge in [0.05, 0.1) is 12.2 Å². The van der Waals surface area contributed by atoms with Gasteiger partial charge in [-0.05, 0) is 19.8 Å². The summed E-state index contributed by atoms with van der Waals surface area (Å²) in [6.07, 6.45) is 1.72. The van der Waals surface area contributed by atoms with Crippen molar-refractivity contribution in [2.24, 2.45) is 7.05 Å². The number of carbonyl (C=O) groups is 1. The van der Waals surface area contributed by atoms with E-state index in [2.05, 4.69) is 25.9 Å². The van der Waals surface area contributed by atoms with Crippen LogP contribution >= 0.6 is 0 Å². The Balaban J connectivity index is 1.38. The molecule has 0 saturated carbocycles. The van der Waals surface area contributed by atoms with Crippen molar-refractivity contribution in [2.45, 2.75) is 32.4 Å². The first-order valence-electron chi connectivity index (χ1n) is 9.20. The van der Waals surface area contributed by atoms with E-state index in [-0.39, 0.29) is 18.7 Å². The Bertz CT molecular complexity index is 959. The van der Waals surface area contributed by atoms with E-state index in [1.54, 1.807) is 11.7 Å². The van der Waals surface area contributed by atoms with E-state index in [1.807, 2.05) is 37.3 Å². The van der Waals surface area contributed by atoms with Crippen LogP contribution < -0.4 is 10.6 Å². The number of urea groups is 1. The molecule has 3 heterocycles. The fourth-order valence-corrected chi connectivity index (χ4v) is 3.23. The van der Waals surface area contributed by atoms with E-state index < -0.39 is 0 Å². The molecule has 0 bridgehead atoms. The molecule has 2 aromatic heterocycles. The molecule has 4 rings (SSSR count). The first kappa shape index (κ1) is 18.2. The predicted octanol–water partition coefficient (Wildman–Crippen LogP) is 2.95. The number of nitrogens with one attached hydrogen (secondary N) is 2. The summed E-state index contributed by atoms with van der Waals surface area (Å²) in [6.45, 7) is 2.79. The van der Waals surface area contributed by atoms with Crippen LogP contribution in [0.25, 0.3) is 11.3 Å². The average Bonchev–Trinajstić information content (AvgIpc) is 3.44. The molecule has 1 unspecified atom stereocenters. The number of amides is 2. The number of rotatable bonds is 5. The summed E-state index contributed by atoms with van der Waals surface area (Å²) in [5.74, 6) is 1.50. The molecule has 2 N–H and O–H groups in total. The molecule has 1 aromatic carbocycles. The monoisotopic (exact) mass is 382 g/mol. The van der Waals surface area contributed by atoms with Gasteiger partial charge in [-0.2, -0.15) is 10.1 Å². The Kier molecular flexibility index (Phi) is 5.07. The van der Waals surface area contributed by atoms with Gasteiger partial charge >= 0.3 is 6.03 Å². The molecule has 1 fully saturated rings. The molecule has 9 nitrogen and oxygen atoms in total. The number of carbonyl (C=O) groups excluding carboxylic acids is 1. The second-order valence-electron chi connectivity index (χ2n) is 6.67. The lowest BCUT2D eigenvalue weighted by Crippen LogP contribution is -2.29. The normalized spacial score (nSPS) is 16.3. The van der Waals surface area contributed by atoms with Crippen LogP contribution in [0.4, 0.5) is 10.6 Å². The van der Waals surface area contributed by atoms with Gasteiger partial charge in [-0.1, -0.05) is 35.5 Å². The summed E-state index contributed by atoms with van der Waals surface area (Å²) in [4.78, 5) is 16.6. The average molecular weight is 382 g/mol. The van der Waals surface area contributed by atoms with Gasteiger partial charge in [0.2, 0.25) is 0 Å². The molecule has 3 aromatic rings. The van der Waals surface area contributed by atoms with E-state index in [0.717, 1.165) is 29.7 Å². The van der Waals surface area contributed by atoms with E-state index in [9.17, 15) is 4.79 Å². The molecule has 0 aliphatic carbocycles. The van der Waals surface area contributed by atoms with Crippen LogP contribution in [0.3, 0.4) is 0 Å². The largest absolute Gasteiger partial charge is 0.368 e. The Morgan fingerprint density at radius 3 is 2.89 bits per heavy atom. The van der Waals surface area contributed by atoms with Crippen molar-refractivity contribution in [1.82, 2.24) is 25.2 Å². The zero-order valence-electron chi connectivity index (χ0n) is 15.8. The molecule has 146 valence electrons. The maximum absolute atomic E-state index is 12.3. The molecule has 1 aliphatic heterocycles. The molecule has 1 atom stereocenters. The zero-order valence-corrected chi connectivity index (χ0v) is 15.8. The SMILES string of the molecule is Cc1c(-c2ccccc2)nn(C)c1NC(=O)NCc1noc(C2CCCO2)n1. The molecule has 0 radical (unpaired) electrons. The Morgan fingerprint density at radius 1 is 1.32 bits per heavy atom. The van der Waals surface area contributed by atoms with Crippen LogP contribution in [-0.2, 0) is 18.3 Å². The Hall–Kier alpha value is -3.20. The smallest absolute Gasteiger partial charge is 0.320 e. The first-order valence-corrected chi connectivity index (χ1v) is 9.20. The van der Waals surface area contributed by atoms with E-state index in [0.29, 0.717) is 24.1 Å². The fourth-order valence-electron chi connectivity index (χ4n) is 3.23. The third-order valence-corrected chi connectivity index (χ3v) is 4.66. The summed E-state index contributed by atoms with van der Waals surface area (Å²) in [7, 11) is 1.79. The summed E-state index contributed by atoms with van der Waals surface area (Å²) in [5.41, 5.74) is 2.72. The van der Waals surface area contributed by atoms with Gasteiger partial charge in [-0.25, -0.2) is 4.79 Å². The van der Waals surface area contributed by atoms with E-state index >= 15 is 0 Å². The van der Waals surface area contributed by atoms with E-state index in [4.69, 9.17) is 9.26 Å². The van der Waals surface area contributed by atoms with Crippen molar-refractivity contribution >= 4 is 11.8 Å². The number of anilines is 1. The van der Waals surface area contributed by atoms with Gasteiger partial charge in [-0.15, -0.1) is 0 Å². The third kappa shape index (κ3) is 3.74. The van der Waals surface area contributed by atoms with E-state index in [1.165, 1.54) is 0 Å². The number of hydrogen-bond acceptors (Lipinski definition) is 6. The highest BCUT2D eigenvalue weighted by Gasteiger charge is 2.24. The van der Waals surface area contributed by atoms with Crippen molar-refractivity contribution in [1.29, 1.82) is 0 Å². The topological polar surface area (TPSA) is 107 Å². The van der Waals surface area contributed by atoms with Crippen molar-refractivity contribution in [3.05, 3.63) is 47.6 Å². The number of hydrogen-bond donors (Lipinski definition) is 2. The molecule has 1 saturated heterocycles. The number of aryl methyl sites for hydroxylation is 1. The minimum absolute atomic E-state index is 0.136. The minimum atomic E-state index is -0.367. The van der Waals surface area contributed by atoms with Crippen molar-refractivity contribution < 1.29 is 14.1 Å². The van der Waals surface area contributed by atoms with Gasteiger partial charge in [0, 0.05) is 24.8 Å². The van der Waals surface area contributed by atoms with Gasteiger partial charge in [0.15, 0.2) is 5.82 Å². The highest BCUT2D eigenvalue weighted by Crippen LogP contribution is 2.28. The number of ether oxygens (including phenoxy) is 1. The molecule has 2 amide bonds. The summed E-state index contributed by atoms with van der Waals surface area (Å²) < 4.78 is 12.4. The number of nitrogens with zero attached hydrogens (tertiary/aromatic N) is 4. The minimum Gasteiger partial charge on any atom is -0.368 e. The lowest BCUT2D eigenvalue weighted by molar-refractivity contribution is 0.0835. The second kappa shape index (κ2) is 7.81. The Labute approximate surface area is 162 Å². The van der Waals surface area contributed by atoms with Crippen LogP contribution in [-0.4, -0.2) is 32.6 Å². The maximum Gasteiger partial charge on any atom is 0.320 e. The summed E-state index contributed by atoms with van der Waals surface area (Å²) in [5, 5.41) is 14.0. The fraction of sp³-hybridized carbons (Fsp3) is 0.368. The molecule has 9 heteroatoms. The van der Waals surface area contributed by atoms with Crippen LogP contribution in [0.1, 0.15) is 36.2 Å². The molecule has 28 heavy (non-hydrogen) atoms. The predicted molar refractivity (Wildman–Crippen MR) is 101 cm³/mol. The van der Waals surface area contributed by atoms with Crippen LogP contribution in [0.2, 0.25) is 0 Å². The maximum atomic E-state index is 12.3. The highest BCUT2D eigenvalue weighted by molar-refractivity contribution is 5.90. The van der Waals surface area contributed by atoms with Gasteiger partial charge in [0.25, 0.3) is 5.89 Å². The lowest BCUT2D eigenvalue weighted by atomic mass is 10.1. The molecule has 1 aliphatic rings. The third-order valence-electron chi connectivity index (χ3n) is 4.66. The van der Waals surface area contributed by atoms with Crippen molar-refractivity contribution in [3.63, 3.8) is 0 Å². The highest BCUT2D eigenvalue weighted by atomic mass is 16.5. The quantitative estimate of drug-likeness (QED) is 0.702. The van der Waals surface area contributed by atoms with Gasteiger partial charge in [-0.3, -0.25) is 10.00 Å². The van der Waals surface area contributed by atoms with Crippen LogP contribution in [0.15, 0.2) is 34.9 Å².